The number of rotatable bonds is 12. The molecule has 3 unspecified atom stereocenters. The fourth-order valence-electron chi connectivity index (χ4n) is 3.63. The number of benzene rings is 1. The summed E-state index contributed by atoms with van der Waals surface area (Å²) in [6.07, 6.45) is 0.298. The lowest BCUT2D eigenvalue weighted by Crippen LogP contribution is -3.00. The van der Waals surface area contributed by atoms with Crippen molar-refractivity contribution >= 4 is 0 Å². The van der Waals surface area contributed by atoms with Gasteiger partial charge in [0.25, 0.3) is 0 Å². The molecule has 0 saturated carbocycles. The van der Waals surface area contributed by atoms with Crippen molar-refractivity contribution in [3.63, 3.8) is 0 Å². The van der Waals surface area contributed by atoms with Gasteiger partial charge in [-0.25, -0.2) is 0 Å². The summed E-state index contributed by atoms with van der Waals surface area (Å²) < 4.78 is 1.44. The van der Waals surface area contributed by atoms with Crippen LogP contribution in [-0.2, 0) is 6.54 Å². The highest BCUT2D eigenvalue weighted by atomic mass is 35.5. The van der Waals surface area contributed by atoms with Gasteiger partial charge in [-0.1, -0.05) is 38.1 Å². The molecular formula is C23H45Cl2N3O2. The number of halogens is 2. The van der Waals surface area contributed by atoms with E-state index in [-0.39, 0.29) is 24.8 Å². The van der Waals surface area contributed by atoms with Crippen molar-refractivity contribution in [2.24, 2.45) is 0 Å². The van der Waals surface area contributed by atoms with Crippen LogP contribution in [0.1, 0.15) is 37.3 Å². The third kappa shape index (κ3) is 13.8. The second-order valence-electron chi connectivity index (χ2n) is 10.5. The minimum absolute atomic E-state index is 0. The van der Waals surface area contributed by atoms with Gasteiger partial charge in [0, 0.05) is 19.6 Å². The zero-order valence-corrected chi connectivity index (χ0v) is 21.8. The first-order valence-corrected chi connectivity index (χ1v) is 10.6. The summed E-state index contributed by atoms with van der Waals surface area (Å²) in [7, 11) is 12.5. The van der Waals surface area contributed by atoms with Crippen LogP contribution in [0.25, 0.3) is 0 Å². The molecule has 0 aliphatic rings. The largest absolute Gasteiger partial charge is 1.00 e. The van der Waals surface area contributed by atoms with E-state index >= 15 is 0 Å². The Morgan fingerprint density at radius 3 is 1.53 bits per heavy atom. The second-order valence-corrected chi connectivity index (χ2v) is 10.5. The predicted molar refractivity (Wildman–Crippen MR) is 118 cm³/mol. The van der Waals surface area contributed by atoms with E-state index in [1.54, 1.807) is 0 Å². The maximum absolute atomic E-state index is 10.6. The first-order valence-electron chi connectivity index (χ1n) is 10.6. The van der Waals surface area contributed by atoms with Crippen molar-refractivity contribution < 1.29 is 44.0 Å². The average Bonchev–Trinajstić information content (AvgIpc) is 2.50. The zero-order chi connectivity index (χ0) is 21.5. The van der Waals surface area contributed by atoms with Crippen LogP contribution in [0.3, 0.4) is 0 Å². The molecule has 5 nitrogen and oxygen atoms in total. The van der Waals surface area contributed by atoms with Crippen molar-refractivity contribution in [1.82, 2.24) is 4.90 Å². The molecule has 0 aromatic heterocycles. The van der Waals surface area contributed by atoms with Crippen molar-refractivity contribution in [3.05, 3.63) is 35.4 Å². The number of quaternary nitrogens is 2. The summed E-state index contributed by atoms with van der Waals surface area (Å²) in [5.74, 6) is 0.572. The normalized spacial score (nSPS) is 15.2. The molecule has 1 aromatic rings. The van der Waals surface area contributed by atoms with Crippen molar-refractivity contribution in [2.75, 3.05) is 68.5 Å². The fraction of sp³-hybridized carbons (Fsp3) is 0.739. The van der Waals surface area contributed by atoms with Crippen molar-refractivity contribution in [3.8, 4) is 0 Å². The van der Waals surface area contributed by atoms with Gasteiger partial charge in [0.05, 0.1) is 42.3 Å². The quantitative estimate of drug-likeness (QED) is 0.310. The van der Waals surface area contributed by atoms with Crippen LogP contribution in [0.15, 0.2) is 24.3 Å². The Balaban J connectivity index is 0. The maximum atomic E-state index is 10.6. The standard InChI is InChI=1S/C23H45N3O2.2ClH/c1-9-19(2)21-12-10-20(11-13-21)14-24(15-22(27)17-25(3,4)5)16-23(28)18-26(6,7)8;;/h10-13,19,22-23,27-28H,9,14-18H2,1-8H3;2*1H/q+2;;/p-2. The van der Waals surface area contributed by atoms with E-state index in [1.165, 1.54) is 11.1 Å². The van der Waals surface area contributed by atoms with Gasteiger partial charge in [-0.15, -0.1) is 0 Å². The van der Waals surface area contributed by atoms with Gasteiger partial charge < -0.3 is 44.0 Å². The van der Waals surface area contributed by atoms with Crippen LogP contribution in [0.4, 0.5) is 0 Å². The molecule has 0 heterocycles. The van der Waals surface area contributed by atoms with Crippen LogP contribution in [0, 0.1) is 0 Å². The van der Waals surface area contributed by atoms with E-state index in [2.05, 4.69) is 85.3 Å². The number of hydrogen-bond donors (Lipinski definition) is 2. The first kappa shape index (κ1) is 31.8. The molecule has 2 N–H and O–H groups in total. The summed E-state index contributed by atoms with van der Waals surface area (Å²) in [5.41, 5.74) is 2.59. The minimum atomic E-state index is -0.421. The molecule has 7 heteroatoms. The minimum Gasteiger partial charge on any atom is -1.00 e. The van der Waals surface area contributed by atoms with Gasteiger partial charge in [0.2, 0.25) is 0 Å². The maximum Gasteiger partial charge on any atom is 0.115 e. The Bertz CT molecular complexity index is 547. The molecule has 1 rings (SSSR count). The summed E-state index contributed by atoms with van der Waals surface area (Å²) >= 11 is 0. The van der Waals surface area contributed by atoms with Crippen LogP contribution in [-0.4, -0.2) is 105 Å². The number of nitrogens with zero attached hydrogens (tertiary/aromatic N) is 3. The molecule has 0 radical (unpaired) electrons. The lowest BCUT2D eigenvalue weighted by Gasteiger charge is -2.33. The molecule has 0 bridgehead atoms. The topological polar surface area (TPSA) is 43.7 Å². The van der Waals surface area contributed by atoms with Crippen LogP contribution >= 0.6 is 0 Å². The molecule has 178 valence electrons. The van der Waals surface area contributed by atoms with E-state index in [0.29, 0.717) is 32.1 Å². The average molecular weight is 467 g/mol. The molecule has 0 amide bonds. The number of likely N-dealkylation sites (N-methyl/N-ethyl adjacent to an activating group) is 2. The molecule has 1 aromatic carbocycles. The Morgan fingerprint density at radius 1 is 0.800 bits per heavy atom. The van der Waals surface area contributed by atoms with E-state index < -0.39 is 12.2 Å². The van der Waals surface area contributed by atoms with Gasteiger partial charge in [-0.2, -0.15) is 0 Å². The zero-order valence-electron chi connectivity index (χ0n) is 20.3. The summed E-state index contributed by atoms with van der Waals surface area (Å²) in [5, 5.41) is 21.2. The highest BCUT2D eigenvalue weighted by Crippen LogP contribution is 2.19. The third-order valence-corrected chi connectivity index (χ3v) is 5.02. The van der Waals surface area contributed by atoms with Crippen LogP contribution in [0.5, 0.6) is 0 Å². The molecule has 3 atom stereocenters. The first-order chi connectivity index (χ1) is 12.8. The second kappa shape index (κ2) is 13.9. The van der Waals surface area contributed by atoms with Gasteiger partial charge in [-0.3, -0.25) is 4.90 Å². The molecule has 0 aliphatic heterocycles. The highest BCUT2D eigenvalue weighted by molar-refractivity contribution is 5.25. The third-order valence-electron chi connectivity index (χ3n) is 5.02. The SMILES string of the molecule is CCC(C)c1ccc(CN(CC(O)C[N+](C)(C)C)CC(O)C[N+](C)(C)C)cc1.[Cl-].[Cl-]. The van der Waals surface area contributed by atoms with E-state index in [4.69, 9.17) is 0 Å². The Hall–Kier alpha value is -0.400. The number of hydrogen-bond acceptors (Lipinski definition) is 3. The number of aliphatic hydroxyl groups is 2. The molecule has 0 saturated heterocycles. The van der Waals surface area contributed by atoms with Crippen molar-refractivity contribution in [2.45, 2.75) is 44.9 Å². The van der Waals surface area contributed by atoms with Gasteiger partial charge in [0.15, 0.2) is 0 Å². The Labute approximate surface area is 197 Å². The summed E-state index contributed by atoms with van der Waals surface area (Å²) in [6.45, 7) is 7.72. The summed E-state index contributed by atoms with van der Waals surface area (Å²) in [6, 6.07) is 8.80. The highest BCUT2D eigenvalue weighted by Gasteiger charge is 2.23. The molecule has 0 fully saturated rings. The smallest absolute Gasteiger partial charge is 0.115 e. The monoisotopic (exact) mass is 465 g/mol. The fourth-order valence-corrected chi connectivity index (χ4v) is 3.63. The molecular weight excluding hydrogens is 421 g/mol. The lowest BCUT2D eigenvalue weighted by molar-refractivity contribution is -0.873. The Morgan fingerprint density at radius 2 is 1.20 bits per heavy atom. The lowest BCUT2D eigenvalue weighted by atomic mass is 9.97. The van der Waals surface area contributed by atoms with Crippen molar-refractivity contribution in [1.29, 1.82) is 0 Å². The van der Waals surface area contributed by atoms with Gasteiger partial charge in [-0.05, 0) is 23.5 Å². The van der Waals surface area contributed by atoms with Gasteiger partial charge >= 0.3 is 0 Å². The molecule has 0 aliphatic carbocycles. The van der Waals surface area contributed by atoms with E-state index in [1.807, 2.05) is 0 Å². The van der Waals surface area contributed by atoms with Gasteiger partial charge in [0.1, 0.15) is 25.3 Å². The summed E-state index contributed by atoms with van der Waals surface area (Å²) in [4.78, 5) is 2.19. The van der Waals surface area contributed by atoms with Crippen LogP contribution < -0.4 is 24.8 Å². The predicted octanol–water partition coefficient (Wildman–Crippen LogP) is -3.86. The number of aliphatic hydroxyl groups excluding tert-OH is 2. The molecule has 30 heavy (non-hydrogen) atoms. The van der Waals surface area contributed by atoms with E-state index in [0.717, 1.165) is 21.9 Å². The van der Waals surface area contributed by atoms with Crippen LogP contribution in [0.2, 0.25) is 0 Å². The molecule has 0 spiro atoms. The van der Waals surface area contributed by atoms with E-state index in [9.17, 15) is 10.2 Å². The Kier molecular flexibility index (Phi) is 14.7.